The van der Waals surface area contributed by atoms with E-state index < -0.39 is 10.0 Å². The molecule has 6 nitrogen and oxygen atoms in total. The molecular weight excluding hydrogens is 398 g/mol. The Bertz CT molecular complexity index is 1010. The highest BCUT2D eigenvalue weighted by atomic mass is 32.2. The molecule has 0 aliphatic carbocycles. The number of rotatable bonds is 4. The van der Waals surface area contributed by atoms with Crippen LogP contribution in [0, 0.1) is 6.92 Å². The molecule has 0 aromatic heterocycles. The zero-order chi connectivity index (χ0) is 21.3. The molecular formula is C23H29N3O3S. The standard InChI is InChI=1S/C23H29N3O3S/c1-18-7-11-21(12-8-18)30(28,29)25-15-13-24(14-16-25)23(27)17-26-19(2)9-10-20-5-3-4-6-22(20)26/h3-8,11-12,19H,9-10,13-17H2,1-2H3. The second-order valence-electron chi connectivity index (χ2n) is 8.24. The van der Waals surface area contributed by atoms with E-state index in [1.807, 2.05) is 31.2 Å². The summed E-state index contributed by atoms with van der Waals surface area (Å²) in [5, 5.41) is 0. The molecule has 0 radical (unpaired) electrons. The van der Waals surface area contributed by atoms with Crippen molar-refractivity contribution in [1.82, 2.24) is 9.21 Å². The van der Waals surface area contributed by atoms with Crippen molar-refractivity contribution >= 4 is 21.6 Å². The first-order chi connectivity index (χ1) is 14.4. The van der Waals surface area contributed by atoms with Gasteiger partial charge in [-0.25, -0.2) is 8.42 Å². The van der Waals surface area contributed by atoms with Crippen LogP contribution in [-0.4, -0.2) is 62.3 Å². The van der Waals surface area contributed by atoms with E-state index in [4.69, 9.17) is 0 Å². The van der Waals surface area contributed by atoms with Crippen molar-refractivity contribution in [3.8, 4) is 0 Å². The molecule has 1 amide bonds. The van der Waals surface area contributed by atoms with Gasteiger partial charge < -0.3 is 9.80 Å². The van der Waals surface area contributed by atoms with Gasteiger partial charge in [-0.15, -0.1) is 0 Å². The highest BCUT2D eigenvalue weighted by molar-refractivity contribution is 7.89. The van der Waals surface area contributed by atoms with Gasteiger partial charge in [0.15, 0.2) is 0 Å². The van der Waals surface area contributed by atoms with Gasteiger partial charge in [0, 0.05) is 37.9 Å². The normalized spacial score (nSPS) is 20.1. The quantitative estimate of drug-likeness (QED) is 0.753. The lowest BCUT2D eigenvalue weighted by molar-refractivity contribution is -0.131. The molecule has 2 aliphatic rings. The summed E-state index contributed by atoms with van der Waals surface area (Å²) in [6, 6.07) is 15.5. The summed E-state index contributed by atoms with van der Waals surface area (Å²) in [6.07, 6.45) is 2.07. The third-order valence-corrected chi connectivity index (χ3v) is 8.13. The van der Waals surface area contributed by atoms with Crippen LogP contribution in [0.3, 0.4) is 0 Å². The van der Waals surface area contributed by atoms with Crippen LogP contribution in [0.2, 0.25) is 0 Å². The second kappa shape index (κ2) is 8.40. The van der Waals surface area contributed by atoms with Crippen molar-refractivity contribution in [2.45, 2.75) is 37.6 Å². The number of fused-ring (bicyclic) bond motifs is 1. The van der Waals surface area contributed by atoms with Crippen LogP contribution in [0.25, 0.3) is 0 Å². The minimum atomic E-state index is -3.52. The Morgan fingerprint density at radius 1 is 1.00 bits per heavy atom. The van der Waals surface area contributed by atoms with E-state index in [0.29, 0.717) is 43.7 Å². The van der Waals surface area contributed by atoms with Crippen LogP contribution in [-0.2, 0) is 21.2 Å². The number of hydrogen-bond acceptors (Lipinski definition) is 4. The SMILES string of the molecule is Cc1ccc(S(=O)(=O)N2CCN(C(=O)CN3c4ccccc4CCC3C)CC2)cc1. The smallest absolute Gasteiger partial charge is 0.243 e. The molecule has 1 atom stereocenters. The van der Waals surface area contributed by atoms with Crippen LogP contribution in [0.4, 0.5) is 5.69 Å². The van der Waals surface area contributed by atoms with Crippen molar-refractivity contribution in [2.24, 2.45) is 0 Å². The predicted molar refractivity (Wildman–Crippen MR) is 118 cm³/mol. The summed E-state index contributed by atoms with van der Waals surface area (Å²) in [4.78, 5) is 17.3. The second-order valence-corrected chi connectivity index (χ2v) is 10.2. The van der Waals surface area contributed by atoms with E-state index in [-0.39, 0.29) is 5.91 Å². The minimum Gasteiger partial charge on any atom is -0.359 e. The molecule has 30 heavy (non-hydrogen) atoms. The number of carbonyl (C=O) groups is 1. The van der Waals surface area contributed by atoms with Gasteiger partial charge in [0.05, 0.1) is 11.4 Å². The molecule has 2 heterocycles. The lowest BCUT2D eigenvalue weighted by Crippen LogP contribution is -2.53. The Hall–Kier alpha value is -2.38. The van der Waals surface area contributed by atoms with Crippen LogP contribution in [0.15, 0.2) is 53.4 Å². The number of benzene rings is 2. The summed E-state index contributed by atoms with van der Waals surface area (Å²) in [6.45, 7) is 5.93. The molecule has 1 saturated heterocycles. The molecule has 0 N–H and O–H groups in total. The van der Waals surface area contributed by atoms with E-state index in [0.717, 1.165) is 24.1 Å². The molecule has 1 fully saturated rings. The monoisotopic (exact) mass is 427 g/mol. The Kier molecular flexibility index (Phi) is 5.84. The predicted octanol–water partition coefficient (Wildman–Crippen LogP) is 2.67. The Morgan fingerprint density at radius 2 is 1.67 bits per heavy atom. The fourth-order valence-corrected chi connectivity index (χ4v) is 5.71. The number of para-hydroxylation sites is 1. The molecule has 0 saturated carbocycles. The summed E-state index contributed by atoms with van der Waals surface area (Å²) in [5.74, 6) is 0.0611. The van der Waals surface area contributed by atoms with Gasteiger partial charge in [-0.2, -0.15) is 4.31 Å². The number of carbonyl (C=O) groups excluding carboxylic acids is 1. The maximum Gasteiger partial charge on any atom is 0.243 e. The first-order valence-corrected chi connectivity index (χ1v) is 12.0. The van der Waals surface area contributed by atoms with E-state index in [2.05, 4.69) is 24.0 Å². The number of hydrogen-bond donors (Lipinski definition) is 0. The number of piperazine rings is 1. The number of anilines is 1. The fraction of sp³-hybridized carbons (Fsp3) is 0.435. The highest BCUT2D eigenvalue weighted by Crippen LogP contribution is 2.30. The number of nitrogens with zero attached hydrogens (tertiary/aromatic N) is 3. The maximum absolute atomic E-state index is 13.0. The van der Waals surface area contributed by atoms with Crippen LogP contribution < -0.4 is 4.90 Å². The summed E-state index contributed by atoms with van der Waals surface area (Å²) in [7, 11) is -3.52. The third kappa shape index (κ3) is 4.09. The van der Waals surface area contributed by atoms with Gasteiger partial charge in [-0.05, 0) is 50.5 Å². The van der Waals surface area contributed by atoms with Crippen LogP contribution in [0.5, 0.6) is 0 Å². The maximum atomic E-state index is 13.0. The molecule has 0 spiro atoms. The zero-order valence-electron chi connectivity index (χ0n) is 17.6. The van der Waals surface area contributed by atoms with Gasteiger partial charge in [-0.1, -0.05) is 35.9 Å². The first kappa shape index (κ1) is 20.9. The third-order valence-electron chi connectivity index (χ3n) is 6.22. The average molecular weight is 428 g/mol. The van der Waals surface area contributed by atoms with Crippen molar-refractivity contribution < 1.29 is 13.2 Å². The Balaban J connectivity index is 1.40. The van der Waals surface area contributed by atoms with Crippen molar-refractivity contribution in [1.29, 1.82) is 0 Å². The molecule has 2 aromatic carbocycles. The molecule has 7 heteroatoms. The van der Waals surface area contributed by atoms with Crippen molar-refractivity contribution in [3.63, 3.8) is 0 Å². The van der Waals surface area contributed by atoms with Gasteiger partial charge in [0.2, 0.25) is 15.9 Å². The van der Waals surface area contributed by atoms with Crippen LogP contribution >= 0.6 is 0 Å². The largest absolute Gasteiger partial charge is 0.359 e. The van der Waals surface area contributed by atoms with Gasteiger partial charge in [0.25, 0.3) is 0 Å². The van der Waals surface area contributed by atoms with Crippen molar-refractivity contribution in [2.75, 3.05) is 37.6 Å². The molecule has 0 bridgehead atoms. The minimum absolute atomic E-state index is 0.0611. The first-order valence-electron chi connectivity index (χ1n) is 10.6. The summed E-state index contributed by atoms with van der Waals surface area (Å²) in [5.41, 5.74) is 3.46. The molecule has 160 valence electrons. The molecule has 4 rings (SSSR count). The van der Waals surface area contributed by atoms with Crippen molar-refractivity contribution in [3.05, 3.63) is 59.7 Å². The van der Waals surface area contributed by atoms with E-state index >= 15 is 0 Å². The summed E-state index contributed by atoms with van der Waals surface area (Å²) < 4.78 is 27.3. The number of aryl methyl sites for hydroxylation is 2. The zero-order valence-corrected chi connectivity index (χ0v) is 18.4. The molecule has 1 unspecified atom stereocenters. The van der Waals surface area contributed by atoms with Crippen LogP contribution in [0.1, 0.15) is 24.5 Å². The van der Waals surface area contributed by atoms with E-state index in [1.54, 1.807) is 17.0 Å². The lowest BCUT2D eigenvalue weighted by Gasteiger charge is -2.39. The summed E-state index contributed by atoms with van der Waals surface area (Å²) >= 11 is 0. The highest BCUT2D eigenvalue weighted by Gasteiger charge is 2.32. The topological polar surface area (TPSA) is 60.9 Å². The lowest BCUT2D eigenvalue weighted by atomic mass is 9.96. The number of sulfonamides is 1. The number of amides is 1. The fourth-order valence-electron chi connectivity index (χ4n) is 4.28. The van der Waals surface area contributed by atoms with Gasteiger partial charge in [-0.3, -0.25) is 4.79 Å². The Labute approximate surface area is 179 Å². The van der Waals surface area contributed by atoms with E-state index in [9.17, 15) is 13.2 Å². The average Bonchev–Trinajstić information content (AvgIpc) is 2.76. The van der Waals surface area contributed by atoms with Gasteiger partial charge in [0.1, 0.15) is 0 Å². The molecule has 2 aromatic rings. The molecule has 2 aliphatic heterocycles. The Morgan fingerprint density at radius 3 is 2.37 bits per heavy atom. The van der Waals surface area contributed by atoms with E-state index in [1.165, 1.54) is 9.87 Å². The van der Waals surface area contributed by atoms with Gasteiger partial charge >= 0.3 is 0 Å².